The number of alkyl halides is 2. The highest BCUT2D eigenvalue weighted by atomic mass is 19.2. The molecule has 1 nitrogen and oxygen atoms in total. The van der Waals surface area contributed by atoms with Gasteiger partial charge in [-0.1, -0.05) is 193 Å². The van der Waals surface area contributed by atoms with Crippen LogP contribution < -0.4 is 0 Å². The van der Waals surface area contributed by atoms with Gasteiger partial charge in [0.1, 0.15) is 11.7 Å². The van der Waals surface area contributed by atoms with Crippen LogP contribution in [0.15, 0.2) is 48.1 Å². The van der Waals surface area contributed by atoms with Gasteiger partial charge in [-0.3, -0.25) is 0 Å². The standard InChI is InChI=1S/C56H90F4O/c1-3-5-7-9-11-13-17-23-45-25-29-49(30-26-45)53(35-19-15-20-36-53)55(59)39-33-47(51(57)41-55)43-61-44-48-34-40-56(60,42-52(48)58)54(37-21-16-22-38-54)50-31-27-46(28-32-50)24-18-14-12-10-8-6-4-2/h33-34,39-42,45-50H,3-32,35-38,43-44H2,1-2H3/t45?,46?,47-,48-,49?,50?,55+,56+/m0/s1. The second-order valence-corrected chi connectivity index (χ2v) is 21.8. The lowest BCUT2D eigenvalue weighted by Crippen LogP contribution is -2.51. The zero-order chi connectivity index (χ0) is 43.0. The van der Waals surface area contributed by atoms with Gasteiger partial charge in [0.05, 0.1) is 25.0 Å². The maximum atomic E-state index is 17.4. The Morgan fingerprint density at radius 3 is 1.16 bits per heavy atom. The number of rotatable bonds is 24. The molecule has 348 valence electrons. The molecular weight excluding hydrogens is 765 g/mol. The third kappa shape index (κ3) is 12.5. The van der Waals surface area contributed by atoms with E-state index >= 15 is 17.6 Å². The number of halogens is 4. The molecule has 6 aliphatic rings. The molecule has 6 rings (SSSR count). The zero-order valence-electron chi connectivity index (χ0n) is 39.3. The maximum Gasteiger partial charge on any atom is 0.155 e. The topological polar surface area (TPSA) is 9.23 Å². The third-order valence-corrected chi connectivity index (χ3v) is 17.8. The fourth-order valence-electron chi connectivity index (χ4n) is 14.0. The quantitative estimate of drug-likeness (QED) is 0.0534. The lowest BCUT2D eigenvalue weighted by molar-refractivity contribution is -0.0445. The molecule has 0 radical (unpaired) electrons. The Bertz CT molecular complexity index is 1280. The van der Waals surface area contributed by atoms with Crippen molar-refractivity contribution in [3.05, 3.63) is 48.1 Å². The Kier molecular flexibility index (Phi) is 19.5. The van der Waals surface area contributed by atoms with Crippen LogP contribution in [0.3, 0.4) is 0 Å². The number of hydrogen-bond donors (Lipinski definition) is 0. The fraction of sp³-hybridized carbons (Fsp3) is 0.857. The first-order chi connectivity index (χ1) is 29.7. The van der Waals surface area contributed by atoms with Crippen LogP contribution in [-0.4, -0.2) is 24.6 Å². The molecule has 4 saturated carbocycles. The summed E-state index contributed by atoms with van der Waals surface area (Å²) in [5.41, 5.74) is -4.68. The number of hydrogen-bond acceptors (Lipinski definition) is 1. The molecule has 0 aromatic carbocycles. The van der Waals surface area contributed by atoms with E-state index in [-0.39, 0.29) is 25.0 Å². The summed E-state index contributed by atoms with van der Waals surface area (Å²) in [4.78, 5) is 0. The van der Waals surface area contributed by atoms with E-state index in [9.17, 15) is 0 Å². The molecule has 0 aliphatic heterocycles. The van der Waals surface area contributed by atoms with Crippen molar-refractivity contribution in [1.82, 2.24) is 0 Å². The van der Waals surface area contributed by atoms with Gasteiger partial charge in [0, 0.05) is 10.8 Å². The first-order valence-electron chi connectivity index (χ1n) is 26.8. The van der Waals surface area contributed by atoms with E-state index < -0.39 is 45.7 Å². The van der Waals surface area contributed by atoms with Crippen LogP contribution in [0.2, 0.25) is 0 Å². The van der Waals surface area contributed by atoms with Crippen LogP contribution in [0.4, 0.5) is 17.6 Å². The van der Waals surface area contributed by atoms with Gasteiger partial charge in [-0.2, -0.15) is 0 Å². The molecule has 0 aromatic heterocycles. The van der Waals surface area contributed by atoms with Gasteiger partial charge in [-0.25, -0.2) is 17.6 Å². The predicted molar refractivity (Wildman–Crippen MR) is 249 cm³/mol. The van der Waals surface area contributed by atoms with Crippen LogP contribution >= 0.6 is 0 Å². The van der Waals surface area contributed by atoms with Gasteiger partial charge in [0.25, 0.3) is 0 Å². The van der Waals surface area contributed by atoms with Gasteiger partial charge in [-0.05, 0) is 99.3 Å². The second kappa shape index (κ2) is 24.2. The number of unbranched alkanes of at least 4 members (excludes halogenated alkanes) is 12. The Hall–Kier alpha value is -1.36. The van der Waals surface area contributed by atoms with E-state index in [1.54, 1.807) is 24.3 Å². The van der Waals surface area contributed by atoms with Crippen molar-refractivity contribution in [3.8, 4) is 0 Å². The highest BCUT2D eigenvalue weighted by Crippen LogP contribution is 2.61. The monoisotopic (exact) mass is 855 g/mol. The molecule has 0 amide bonds. The first kappa shape index (κ1) is 49.1. The summed E-state index contributed by atoms with van der Waals surface area (Å²) in [6.07, 6.45) is 49.2. The minimum Gasteiger partial charge on any atom is -0.379 e. The Morgan fingerprint density at radius 1 is 0.475 bits per heavy atom. The van der Waals surface area contributed by atoms with Gasteiger partial charge in [-0.15, -0.1) is 0 Å². The normalized spacial score (nSPS) is 33.9. The maximum absolute atomic E-state index is 17.4. The molecule has 5 heteroatoms. The molecular formula is C56H90F4O. The fourth-order valence-corrected chi connectivity index (χ4v) is 14.0. The lowest BCUT2D eigenvalue weighted by Gasteiger charge is -2.53. The van der Waals surface area contributed by atoms with Crippen LogP contribution in [0.25, 0.3) is 0 Å². The summed E-state index contributed by atoms with van der Waals surface area (Å²) < 4.78 is 72.9. The SMILES string of the molecule is CCCCCCCCCC1CCC(C2([C@@]3(F)C=C[C@@H](COC[C@@H]4C=C[C@](F)(C5(C6CCC(CCCCCCCCC)CC6)CCCCC5)C=C4F)C(F)=C3)CCCCC2)CC1. The molecule has 0 N–H and O–H groups in total. The van der Waals surface area contributed by atoms with Crippen molar-refractivity contribution >= 4 is 0 Å². The van der Waals surface area contributed by atoms with E-state index in [4.69, 9.17) is 4.74 Å². The van der Waals surface area contributed by atoms with E-state index in [2.05, 4.69) is 13.8 Å². The molecule has 61 heavy (non-hydrogen) atoms. The highest BCUT2D eigenvalue weighted by Gasteiger charge is 2.57. The largest absolute Gasteiger partial charge is 0.379 e. The lowest BCUT2D eigenvalue weighted by atomic mass is 9.53. The molecule has 6 aliphatic carbocycles. The molecule has 0 heterocycles. The molecule has 0 saturated heterocycles. The minimum absolute atomic E-state index is 0.0239. The Labute approximate surface area is 372 Å². The van der Waals surface area contributed by atoms with E-state index in [0.29, 0.717) is 0 Å². The van der Waals surface area contributed by atoms with Crippen LogP contribution in [-0.2, 0) is 4.74 Å². The van der Waals surface area contributed by atoms with Crippen molar-refractivity contribution < 1.29 is 22.3 Å². The van der Waals surface area contributed by atoms with Crippen molar-refractivity contribution in [3.63, 3.8) is 0 Å². The molecule has 0 bridgehead atoms. The van der Waals surface area contributed by atoms with Crippen LogP contribution in [0.1, 0.15) is 232 Å². The number of allylic oxidation sites excluding steroid dienone is 4. The number of ether oxygens (including phenoxy) is 1. The van der Waals surface area contributed by atoms with Crippen LogP contribution in [0, 0.1) is 46.3 Å². The average molecular weight is 855 g/mol. The third-order valence-electron chi connectivity index (χ3n) is 17.8. The summed E-state index contributed by atoms with van der Waals surface area (Å²) >= 11 is 0. The summed E-state index contributed by atoms with van der Waals surface area (Å²) in [6, 6.07) is 0. The van der Waals surface area contributed by atoms with Crippen molar-refractivity contribution in [2.75, 3.05) is 13.2 Å². The summed E-state index contributed by atoms with van der Waals surface area (Å²) in [6.45, 7) is 4.59. The Morgan fingerprint density at radius 2 is 0.820 bits per heavy atom. The average Bonchev–Trinajstić information content (AvgIpc) is 3.28. The van der Waals surface area contributed by atoms with Gasteiger partial charge in [0.2, 0.25) is 0 Å². The van der Waals surface area contributed by atoms with Crippen molar-refractivity contribution in [2.45, 2.75) is 243 Å². The van der Waals surface area contributed by atoms with E-state index in [0.717, 1.165) is 102 Å². The van der Waals surface area contributed by atoms with Gasteiger partial charge in [0.15, 0.2) is 11.3 Å². The minimum atomic E-state index is -1.79. The summed E-state index contributed by atoms with van der Waals surface area (Å²) in [5.74, 6) is -0.233. The molecule has 0 aromatic rings. The molecule has 0 unspecified atom stereocenters. The van der Waals surface area contributed by atoms with E-state index in [1.165, 1.54) is 141 Å². The Balaban J connectivity index is 0.980. The van der Waals surface area contributed by atoms with Crippen molar-refractivity contribution in [1.29, 1.82) is 0 Å². The van der Waals surface area contributed by atoms with Crippen molar-refractivity contribution in [2.24, 2.45) is 46.3 Å². The first-order valence-corrected chi connectivity index (χ1v) is 26.8. The zero-order valence-corrected chi connectivity index (χ0v) is 39.3. The van der Waals surface area contributed by atoms with E-state index in [1.807, 2.05) is 0 Å². The summed E-state index contributed by atoms with van der Waals surface area (Å²) in [5, 5.41) is 0. The van der Waals surface area contributed by atoms with Gasteiger partial charge < -0.3 is 4.74 Å². The second-order valence-electron chi connectivity index (χ2n) is 21.8. The molecule has 4 atom stereocenters. The highest BCUT2D eigenvalue weighted by molar-refractivity contribution is 5.33. The molecule has 4 fully saturated rings. The summed E-state index contributed by atoms with van der Waals surface area (Å²) in [7, 11) is 0. The smallest absolute Gasteiger partial charge is 0.155 e. The molecule has 0 spiro atoms. The predicted octanol–water partition coefficient (Wildman–Crippen LogP) is 18.3. The van der Waals surface area contributed by atoms with Gasteiger partial charge >= 0.3 is 0 Å². The van der Waals surface area contributed by atoms with Crippen LogP contribution in [0.5, 0.6) is 0 Å².